The third-order valence-corrected chi connectivity index (χ3v) is 4.69. The van der Waals surface area contributed by atoms with Crippen LogP contribution in [0.1, 0.15) is 50.2 Å². The minimum Gasteiger partial charge on any atom is -0.376 e. The number of ether oxygens (including phenoxy) is 1. The highest BCUT2D eigenvalue weighted by Crippen LogP contribution is 2.22. The quantitative estimate of drug-likeness (QED) is 0.851. The number of nitrogens with zero attached hydrogens (tertiary/aromatic N) is 1. The van der Waals surface area contributed by atoms with Gasteiger partial charge >= 0.3 is 0 Å². The SMILES string of the molecule is Cc1cc(C)c(NC(=O)c2cncc(C(=O)NCC3CCCO3)c2)c(C)c1. The van der Waals surface area contributed by atoms with Crippen molar-refractivity contribution in [2.45, 2.75) is 39.7 Å². The fourth-order valence-electron chi connectivity index (χ4n) is 3.37. The van der Waals surface area contributed by atoms with E-state index < -0.39 is 0 Å². The summed E-state index contributed by atoms with van der Waals surface area (Å²) in [6.07, 6.45) is 4.97. The van der Waals surface area contributed by atoms with Gasteiger partial charge in [0.15, 0.2) is 0 Å². The summed E-state index contributed by atoms with van der Waals surface area (Å²) in [4.78, 5) is 29.0. The summed E-state index contributed by atoms with van der Waals surface area (Å²) in [5.74, 6) is -0.540. The van der Waals surface area contributed by atoms with Gasteiger partial charge in [-0.25, -0.2) is 0 Å². The summed E-state index contributed by atoms with van der Waals surface area (Å²) >= 11 is 0. The van der Waals surface area contributed by atoms with Gasteiger partial charge in [-0.3, -0.25) is 14.6 Å². The summed E-state index contributed by atoms with van der Waals surface area (Å²) in [5, 5.41) is 5.78. The van der Waals surface area contributed by atoms with Gasteiger partial charge in [0.2, 0.25) is 0 Å². The average Bonchev–Trinajstić information content (AvgIpc) is 3.16. The molecule has 1 saturated heterocycles. The number of hydrogen-bond acceptors (Lipinski definition) is 4. The smallest absolute Gasteiger partial charge is 0.257 e. The number of nitrogens with one attached hydrogen (secondary N) is 2. The van der Waals surface area contributed by atoms with Gasteiger partial charge in [0.1, 0.15) is 0 Å². The van der Waals surface area contributed by atoms with E-state index in [0.717, 1.165) is 41.8 Å². The van der Waals surface area contributed by atoms with Gasteiger partial charge in [-0.15, -0.1) is 0 Å². The lowest BCUT2D eigenvalue weighted by atomic mass is 10.0. The highest BCUT2D eigenvalue weighted by atomic mass is 16.5. The molecule has 0 bridgehead atoms. The summed E-state index contributed by atoms with van der Waals surface area (Å²) in [7, 11) is 0. The normalized spacial score (nSPS) is 16.2. The molecule has 0 radical (unpaired) electrons. The number of pyridine rings is 1. The zero-order valence-corrected chi connectivity index (χ0v) is 16.0. The molecule has 0 spiro atoms. The molecule has 0 aliphatic carbocycles. The minimum absolute atomic E-state index is 0.0703. The predicted molar refractivity (Wildman–Crippen MR) is 104 cm³/mol. The van der Waals surface area contributed by atoms with Gasteiger partial charge < -0.3 is 15.4 Å². The van der Waals surface area contributed by atoms with E-state index >= 15 is 0 Å². The van der Waals surface area contributed by atoms with Gasteiger partial charge in [0.25, 0.3) is 11.8 Å². The Kier molecular flexibility index (Phi) is 5.86. The van der Waals surface area contributed by atoms with E-state index in [1.807, 2.05) is 32.9 Å². The maximum atomic E-state index is 12.6. The number of amides is 2. The van der Waals surface area contributed by atoms with E-state index in [9.17, 15) is 9.59 Å². The van der Waals surface area contributed by atoms with Crippen molar-refractivity contribution in [3.8, 4) is 0 Å². The molecule has 2 heterocycles. The van der Waals surface area contributed by atoms with Crippen LogP contribution < -0.4 is 10.6 Å². The lowest BCUT2D eigenvalue weighted by Gasteiger charge is -2.13. The second kappa shape index (κ2) is 8.31. The van der Waals surface area contributed by atoms with E-state index in [1.165, 1.54) is 12.4 Å². The van der Waals surface area contributed by atoms with Gasteiger partial charge in [0, 0.05) is 31.2 Å². The first-order valence-electron chi connectivity index (χ1n) is 9.18. The fraction of sp³-hybridized carbons (Fsp3) is 0.381. The van der Waals surface area contributed by atoms with Crippen LogP contribution in [0.15, 0.2) is 30.6 Å². The molecule has 1 fully saturated rings. The third kappa shape index (κ3) is 4.71. The second-order valence-corrected chi connectivity index (χ2v) is 7.04. The third-order valence-electron chi connectivity index (χ3n) is 4.69. The van der Waals surface area contributed by atoms with Gasteiger partial charge in [-0.1, -0.05) is 17.7 Å². The molecule has 0 saturated carbocycles. The molecule has 1 aromatic heterocycles. The van der Waals surface area contributed by atoms with E-state index in [4.69, 9.17) is 4.74 Å². The molecule has 1 aromatic carbocycles. The molecule has 1 atom stereocenters. The van der Waals surface area contributed by atoms with Crippen molar-refractivity contribution in [1.29, 1.82) is 0 Å². The van der Waals surface area contributed by atoms with Crippen molar-refractivity contribution in [1.82, 2.24) is 10.3 Å². The van der Waals surface area contributed by atoms with Crippen molar-refractivity contribution in [3.05, 3.63) is 58.4 Å². The van der Waals surface area contributed by atoms with Crippen LogP contribution in [0.25, 0.3) is 0 Å². The molecular formula is C21H25N3O3. The Bertz CT molecular complexity index is 834. The largest absolute Gasteiger partial charge is 0.376 e. The Hall–Kier alpha value is -2.73. The molecule has 142 valence electrons. The molecule has 6 heteroatoms. The van der Waals surface area contributed by atoms with Crippen molar-refractivity contribution < 1.29 is 14.3 Å². The molecule has 1 aliphatic rings. The van der Waals surface area contributed by atoms with Gasteiger partial charge in [0.05, 0.1) is 17.2 Å². The van der Waals surface area contributed by atoms with Crippen LogP contribution in [0.4, 0.5) is 5.69 Å². The molecular weight excluding hydrogens is 342 g/mol. The Labute approximate surface area is 159 Å². The summed E-state index contributed by atoms with van der Waals surface area (Å²) in [5.41, 5.74) is 4.64. The first kappa shape index (κ1) is 19.0. The van der Waals surface area contributed by atoms with E-state index in [-0.39, 0.29) is 17.9 Å². The molecule has 2 amide bonds. The topological polar surface area (TPSA) is 80.3 Å². The Balaban J connectivity index is 1.69. The average molecular weight is 367 g/mol. The molecule has 6 nitrogen and oxygen atoms in total. The summed E-state index contributed by atoms with van der Waals surface area (Å²) in [6.45, 7) is 7.16. The zero-order valence-electron chi connectivity index (χ0n) is 16.0. The summed E-state index contributed by atoms with van der Waals surface area (Å²) in [6, 6.07) is 5.61. The monoisotopic (exact) mass is 367 g/mol. The van der Waals surface area contributed by atoms with Crippen molar-refractivity contribution in [3.63, 3.8) is 0 Å². The standard InChI is InChI=1S/C21H25N3O3/c1-13-7-14(2)19(15(3)8-13)24-21(26)17-9-16(10-22-11-17)20(25)23-12-18-5-4-6-27-18/h7-11,18H,4-6,12H2,1-3H3,(H,23,25)(H,24,26). The van der Waals surface area contributed by atoms with E-state index in [2.05, 4.69) is 15.6 Å². The number of carbonyl (C=O) groups is 2. The van der Waals surface area contributed by atoms with Crippen molar-refractivity contribution >= 4 is 17.5 Å². The zero-order chi connectivity index (χ0) is 19.4. The minimum atomic E-state index is -0.286. The maximum absolute atomic E-state index is 12.6. The highest BCUT2D eigenvalue weighted by molar-refractivity contribution is 6.06. The van der Waals surface area contributed by atoms with Crippen molar-refractivity contribution in [2.24, 2.45) is 0 Å². The predicted octanol–water partition coefficient (Wildman–Crippen LogP) is 3.17. The Morgan fingerprint density at radius 2 is 1.74 bits per heavy atom. The maximum Gasteiger partial charge on any atom is 0.257 e. The van der Waals surface area contributed by atoms with Crippen LogP contribution >= 0.6 is 0 Å². The molecule has 1 unspecified atom stereocenters. The molecule has 2 N–H and O–H groups in total. The molecule has 1 aliphatic heterocycles. The fourth-order valence-corrected chi connectivity index (χ4v) is 3.37. The molecule has 2 aromatic rings. The first-order valence-corrected chi connectivity index (χ1v) is 9.18. The van der Waals surface area contributed by atoms with Gasteiger partial charge in [-0.05, 0) is 50.8 Å². The Morgan fingerprint density at radius 1 is 1.07 bits per heavy atom. The molecule has 27 heavy (non-hydrogen) atoms. The van der Waals surface area contributed by atoms with E-state index in [1.54, 1.807) is 6.07 Å². The lowest BCUT2D eigenvalue weighted by Crippen LogP contribution is -2.32. The number of anilines is 1. The van der Waals surface area contributed by atoms with Gasteiger partial charge in [-0.2, -0.15) is 0 Å². The van der Waals surface area contributed by atoms with Crippen molar-refractivity contribution in [2.75, 3.05) is 18.5 Å². The highest BCUT2D eigenvalue weighted by Gasteiger charge is 2.18. The second-order valence-electron chi connectivity index (χ2n) is 7.04. The number of carbonyl (C=O) groups excluding carboxylic acids is 2. The van der Waals surface area contributed by atoms with Crippen LogP contribution in [0, 0.1) is 20.8 Å². The Morgan fingerprint density at radius 3 is 2.37 bits per heavy atom. The van der Waals surface area contributed by atoms with Crippen LogP contribution in [0.2, 0.25) is 0 Å². The van der Waals surface area contributed by atoms with Crippen LogP contribution in [-0.2, 0) is 4.74 Å². The first-order chi connectivity index (χ1) is 12.9. The van der Waals surface area contributed by atoms with Crippen LogP contribution in [0.5, 0.6) is 0 Å². The number of benzene rings is 1. The van der Waals surface area contributed by atoms with Crippen LogP contribution in [-0.4, -0.2) is 36.1 Å². The summed E-state index contributed by atoms with van der Waals surface area (Å²) < 4.78 is 5.50. The van der Waals surface area contributed by atoms with Crippen LogP contribution in [0.3, 0.4) is 0 Å². The number of rotatable bonds is 5. The molecule has 3 rings (SSSR count). The number of aromatic nitrogens is 1. The van der Waals surface area contributed by atoms with E-state index in [0.29, 0.717) is 17.7 Å². The lowest BCUT2D eigenvalue weighted by molar-refractivity contribution is 0.0857. The number of aryl methyl sites for hydroxylation is 3. The number of hydrogen-bond donors (Lipinski definition) is 2.